The molecule has 5 nitrogen and oxygen atoms in total. The summed E-state index contributed by atoms with van der Waals surface area (Å²) in [5, 5.41) is 8.11. The fourth-order valence-electron chi connectivity index (χ4n) is 2.03. The molecule has 3 rings (SSSR count). The molecule has 0 aromatic carbocycles. The Hall–Kier alpha value is -1.25. The number of aryl methyl sites for hydroxylation is 2. The van der Waals surface area contributed by atoms with Crippen molar-refractivity contribution in [3.05, 3.63) is 37.2 Å². The molecule has 0 aliphatic heterocycles. The van der Waals surface area contributed by atoms with E-state index in [0.717, 1.165) is 25.0 Å². The van der Waals surface area contributed by atoms with Gasteiger partial charge in [-0.15, -0.1) is 11.3 Å². The lowest BCUT2D eigenvalue weighted by Crippen LogP contribution is -2.10. The number of halogens is 2. The van der Waals surface area contributed by atoms with E-state index in [2.05, 4.69) is 47.3 Å². The van der Waals surface area contributed by atoms with Gasteiger partial charge in [-0.3, -0.25) is 9.48 Å². The molecule has 21 heavy (non-hydrogen) atoms. The fourth-order valence-corrected chi connectivity index (χ4v) is 3.96. The summed E-state index contributed by atoms with van der Waals surface area (Å²) in [7, 11) is 1.85. The van der Waals surface area contributed by atoms with Gasteiger partial charge in [0.2, 0.25) is 0 Å². The molecule has 8 heteroatoms. The van der Waals surface area contributed by atoms with Crippen LogP contribution in [0.25, 0.3) is 11.0 Å². The number of hydrogen-bond acceptors (Lipinski definition) is 4. The van der Waals surface area contributed by atoms with Crippen molar-refractivity contribution in [2.45, 2.75) is 6.92 Å². The molecule has 0 atom stereocenters. The van der Waals surface area contributed by atoms with Crippen LogP contribution in [0.1, 0.15) is 15.4 Å². The summed E-state index contributed by atoms with van der Waals surface area (Å²) < 4.78 is 3.49. The summed E-state index contributed by atoms with van der Waals surface area (Å²) in [4.78, 5) is 17.2. The molecule has 0 fully saturated rings. The highest BCUT2D eigenvalue weighted by Crippen LogP contribution is 2.32. The molecule has 0 bridgehead atoms. The topological polar surface area (TPSA) is 59.8 Å². The van der Waals surface area contributed by atoms with Gasteiger partial charge < -0.3 is 5.32 Å². The molecular formula is C13H10Br2N4OS. The van der Waals surface area contributed by atoms with E-state index in [1.807, 2.05) is 20.0 Å². The Kier molecular flexibility index (Phi) is 3.85. The molecular weight excluding hydrogens is 420 g/mol. The number of anilines is 1. The first-order valence-electron chi connectivity index (χ1n) is 6.01. The SMILES string of the molecule is Cc1nn(C)c2ncc(NC(=O)c3cc(Br)c(Br)s3)cc12. The molecule has 3 heterocycles. The van der Waals surface area contributed by atoms with Gasteiger partial charge in [-0.1, -0.05) is 0 Å². The number of thiophene rings is 1. The van der Waals surface area contributed by atoms with Gasteiger partial charge in [0.25, 0.3) is 5.91 Å². The summed E-state index contributed by atoms with van der Waals surface area (Å²) in [5.74, 6) is -0.158. The van der Waals surface area contributed by atoms with Crippen molar-refractivity contribution in [1.29, 1.82) is 0 Å². The van der Waals surface area contributed by atoms with Crippen LogP contribution in [-0.2, 0) is 7.05 Å². The summed E-state index contributed by atoms with van der Waals surface area (Å²) in [6, 6.07) is 3.67. The number of nitrogens with one attached hydrogen (secondary N) is 1. The Morgan fingerprint density at radius 2 is 2.14 bits per heavy atom. The molecule has 0 aliphatic carbocycles. The second kappa shape index (κ2) is 5.51. The quantitative estimate of drug-likeness (QED) is 0.666. The Morgan fingerprint density at radius 3 is 2.81 bits per heavy atom. The molecule has 0 saturated carbocycles. The monoisotopic (exact) mass is 428 g/mol. The maximum Gasteiger partial charge on any atom is 0.265 e. The van der Waals surface area contributed by atoms with Crippen molar-refractivity contribution in [3.63, 3.8) is 0 Å². The summed E-state index contributed by atoms with van der Waals surface area (Å²) in [6.45, 7) is 1.92. The van der Waals surface area contributed by atoms with E-state index in [1.54, 1.807) is 16.9 Å². The molecule has 3 aromatic heterocycles. The van der Waals surface area contributed by atoms with E-state index in [-0.39, 0.29) is 5.91 Å². The zero-order valence-electron chi connectivity index (χ0n) is 11.1. The van der Waals surface area contributed by atoms with Crippen LogP contribution >= 0.6 is 43.2 Å². The molecule has 0 saturated heterocycles. The summed E-state index contributed by atoms with van der Waals surface area (Å²) in [5.41, 5.74) is 2.34. The minimum atomic E-state index is -0.158. The van der Waals surface area contributed by atoms with Crippen LogP contribution < -0.4 is 5.32 Å². The van der Waals surface area contributed by atoms with Crippen molar-refractivity contribution < 1.29 is 4.79 Å². The number of carbonyl (C=O) groups is 1. The number of fused-ring (bicyclic) bond motifs is 1. The molecule has 3 aromatic rings. The highest BCUT2D eigenvalue weighted by Gasteiger charge is 2.13. The number of hydrogen-bond donors (Lipinski definition) is 1. The molecule has 0 radical (unpaired) electrons. The van der Waals surface area contributed by atoms with Crippen LogP contribution in [0, 0.1) is 6.92 Å². The number of pyridine rings is 1. The van der Waals surface area contributed by atoms with Gasteiger partial charge in [0, 0.05) is 16.9 Å². The number of carbonyl (C=O) groups excluding carboxylic acids is 1. The molecule has 0 aliphatic rings. The van der Waals surface area contributed by atoms with E-state index in [0.29, 0.717) is 10.6 Å². The highest BCUT2D eigenvalue weighted by molar-refractivity contribution is 9.13. The zero-order valence-corrected chi connectivity index (χ0v) is 15.1. The van der Waals surface area contributed by atoms with Gasteiger partial charge in [0.05, 0.1) is 26.2 Å². The third-order valence-corrected chi connectivity index (χ3v) is 6.24. The van der Waals surface area contributed by atoms with Crippen LogP contribution in [0.15, 0.2) is 26.6 Å². The van der Waals surface area contributed by atoms with E-state index < -0.39 is 0 Å². The van der Waals surface area contributed by atoms with Crippen LogP contribution in [0.4, 0.5) is 5.69 Å². The number of nitrogens with zero attached hydrogens (tertiary/aromatic N) is 3. The predicted octanol–water partition coefficient (Wildman–Crippen LogP) is 4.12. The Labute approximate surface area is 141 Å². The minimum absolute atomic E-state index is 0.158. The van der Waals surface area contributed by atoms with Gasteiger partial charge in [0.1, 0.15) is 0 Å². The smallest absolute Gasteiger partial charge is 0.265 e. The number of rotatable bonds is 2. The molecule has 1 amide bonds. The van der Waals surface area contributed by atoms with E-state index in [4.69, 9.17) is 0 Å². The van der Waals surface area contributed by atoms with Crippen molar-refractivity contribution in [1.82, 2.24) is 14.8 Å². The zero-order chi connectivity index (χ0) is 15.1. The number of aromatic nitrogens is 3. The minimum Gasteiger partial charge on any atom is -0.320 e. The lowest BCUT2D eigenvalue weighted by molar-refractivity contribution is 0.103. The summed E-state index contributed by atoms with van der Waals surface area (Å²) in [6.07, 6.45) is 1.64. The van der Waals surface area contributed by atoms with E-state index in [1.165, 1.54) is 11.3 Å². The molecule has 0 unspecified atom stereocenters. The van der Waals surface area contributed by atoms with Crippen molar-refractivity contribution in [2.24, 2.45) is 7.05 Å². The molecule has 1 N–H and O–H groups in total. The van der Waals surface area contributed by atoms with Crippen LogP contribution in [0.2, 0.25) is 0 Å². The largest absolute Gasteiger partial charge is 0.320 e. The van der Waals surface area contributed by atoms with E-state index >= 15 is 0 Å². The van der Waals surface area contributed by atoms with Crippen LogP contribution in [-0.4, -0.2) is 20.7 Å². The van der Waals surface area contributed by atoms with Gasteiger partial charge in [-0.05, 0) is 50.9 Å². The highest BCUT2D eigenvalue weighted by atomic mass is 79.9. The standard InChI is InChI=1S/C13H10Br2N4OS/c1-6-8-3-7(5-16-12(8)19(2)18-6)17-13(20)10-4-9(14)11(15)21-10/h3-5H,1-2H3,(H,17,20). The first-order valence-corrected chi connectivity index (χ1v) is 8.41. The van der Waals surface area contributed by atoms with Crippen LogP contribution in [0.5, 0.6) is 0 Å². The van der Waals surface area contributed by atoms with Gasteiger partial charge >= 0.3 is 0 Å². The maximum atomic E-state index is 12.2. The molecule has 108 valence electrons. The average Bonchev–Trinajstić information content (AvgIpc) is 2.91. The lowest BCUT2D eigenvalue weighted by atomic mass is 10.2. The Morgan fingerprint density at radius 1 is 1.38 bits per heavy atom. The third-order valence-electron chi connectivity index (χ3n) is 2.99. The summed E-state index contributed by atoms with van der Waals surface area (Å²) >= 11 is 8.13. The first-order chi connectivity index (χ1) is 9.95. The van der Waals surface area contributed by atoms with Crippen molar-refractivity contribution in [3.8, 4) is 0 Å². The third kappa shape index (κ3) is 2.75. The van der Waals surface area contributed by atoms with Crippen molar-refractivity contribution >= 4 is 65.8 Å². The average molecular weight is 430 g/mol. The van der Waals surface area contributed by atoms with Crippen LogP contribution in [0.3, 0.4) is 0 Å². The maximum absolute atomic E-state index is 12.2. The predicted molar refractivity (Wildman–Crippen MR) is 90.9 cm³/mol. The normalized spacial score (nSPS) is 11.0. The molecule has 0 spiro atoms. The number of amides is 1. The van der Waals surface area contributed by atoms with Gasteiger partial charge in [0.15, 0.2) is 5.65 Å². The first kappa shape index (κ1) is 14.7. The fraction of sp³-hybridized carbons (Fsp3) is 0.154. The lowest BCUT2D eigenvalue weighted by Gasteiger charge is -2.03. The van der Waals surface area contributed by atoms with Crippen molar-refractivity contribution in [2.75, 3.05) is 5.32 Å². The van der Waals surface area contributed by atoms with Gasteiger partial charge in [-0.2, -0.15) is 5.10 Å². The second-order valence-corrected chi connectivity index (χ2v) is 7.72. The second-order valence-electron chi connectivity index (χ2n) is 4.49. The Balaban J connectivity index is 1.91. The van der Waals surface area contributed by atoms with Gasteiger partial charge in [-0.25, -0.2) is 4.98 Å². The Bertz CT molecular complexity index is 836. The van der Waals surface area contributed by atoms with E-state index in [9.17, 15) is 4.79 Å².